The second kappa shape index (κ2) is 12.3. The monoisotopic (exact) mass is 779 g/mol. The molecule has 2 saturated carbocycles. The van der Waals surface area contributed by atoms with E-state index in [0.29, 0.717) is 43.4 Å². The van der Waals surface area contributed by atoms with E-state index in [2.05, 4.69) is 10.3 Å². The number of aromatic amines is 1. The topological polar surface area (TPSA) is 109 Å². The molecule has 0 radical (unpaired) electrons. The summed E-state index contributed by atoms with van der Waals surface area (Å²) in [5.41, 5.74) is -0.518. The van der Waals surface area contributed by atoms with Gasteiger partial charge in [0.2, 0.25) is 11.8 Å². The predicted octanol–water partition coefficient (Wildman–Crippen LogP) is 8.11. The van der Waals surface area contributed by atoms with Gasteiger partial charge in [0.1, 0.15) is 5.75 Å². The number of carbonyl (C=O) groups is 3. The van der Waals surface area contributed by atoms with Crippen LogP contribution in [0.3, 0.4) is 0 Å². The fourth-order valence-electron chi connectivity index (χ4n) is 8.32. The highest BCUT2D eigenvalue weighted by molar-refractivity contribution is 8.00. The number of alkyl halides is 3. The zero-order valence-electron chi connectivity index (χ0n) is 25.3. The maximum atomic E-state index is 14.1. The van der Waals surface area contributed by atoms with Crippen molar-refractivity contribution in [3.63, 3.8) is 0 Å². The number of hydrogen-bond donors (Lipinski definition) is 2. The highest BCUT2D eigenvalue weighted by Gasteiger charge is 2.70. The Kier molecular flexibility index (Phi) is 8.30. The van der Waals surface area contributed by atoms with Crippen LogP contribution in [0.5, 0.6) is 5.75 Å². The van der Waals surface area contributed by atoms with Crippen LogP contribution in [0.4, 0.5) is 24.5 Å². The molecule has 2 bridgehead atoms. The van der Waals surface area contributed by atoms with Crippen molar-refractivity contribution < 1.29 is 32.3 Å². The molecule has 2 aliphatic heterocycles. The number of nitrogens with one attached hydrogen (secondary N) is 2. The van der Waals surface area contributed by atoms with Gasteiger partial charge in [-0.25, -0.2) is 4.90 Å². The molecule has 3 fully saturated rings. The van der Waals surface area contributed by atoms with Crippen LogP contribution in [0.15, 0.2) is 70.5 Å². The van der Waals surface area contributed by atoms with Crippen molar-refractivity contribution in [2.45, 2.75) is 28.8 Å². The molecule has 1 saturated heterocycles. The van der Waals surface area contributed by atoms with Crippen molar-refractivity contribution in [1.29, 1.82) is 0 Å². The van der Waals surface area contributed by atoms with Crippen LogP contribution in [0.1, 0.15) is 28.3 Å². The Morgan fingerprint density at radius 2 is 1.70 bits per heavy atom. The number of nitrogens with zero attached hydrogens (tertiary/aromatic N) is 1. The quantitative estimate of drug-likeness (QED) is 0.192. The van der Waals surface area contributed by atoms with Gasteiger partial charge in [-0.1, -0.05) is 58.3 Å². The second-order valence-electron chi connectivity index (χ2n) is 12.6. The van der Waals surface area contributed by atoms with Crippen LogP contribution in [0.25, 0.3) is 0 Å². The average molecular weight is 781 g/mol. The first kappa shape index (κ1) is 33.6. The summed E-state index contributed by atoms with van der Waals surface area (Å²) in [5, 5.41) is 4.05. The van der Waals surface area contributed by atoms with Gasteiger partial charge in [-0.3, -0.25) is 19.2 Å². The molecule has 3 aromatic carbocycles. The lowest BCUT2D eigenvalue weighted by Crippen LogP contribution is -2.42. The number of hydrogen-bond acceptors (Lipinski definition) is 7. The molecule has 8 nitrogen and oxygen atoms in total. The fourth-order valence-corrected chi connectivity index (χ4v) is 11.7. The molecule has 4 aromatic rings. The van der Waals surface area contributed by atoms with Crippen LogP contribution in [-0.4, -0.2) is 34.6 Å². The first-order valence-electron chi connectivity index (χ1n) is 15.4. The van der Waals surface area contributed by atoms with Crippen LogP contribution < -0.4 is 19.8 Å². The highest BCUT2D eigenvalue weighted by Crippen LogP contribution is 2.69. The number of ether oxygens (including phenoxy) is 1. The molecular formula is C34H23Cl3F3N3O5S2. The third kappa shape index (κ3) is 5.44. The molecule has 4 aliphatic rings. The minimum atomic E-state index is -4.77. The lowest BCUT2D eigenvalue weighted by Gasteiger charge is -2.43. The zero-order valence-corrected chi connectivity index (χ0v) is 29.2. The predicted molar refractivity (Wildman–Crippen MR) is 184 cm³/mol. The lowest BCUT2D eigenvalue weighted by atomic mass is 9.68. The van der Waals surface area contributed by atoms with Crippen LogP contribution in [0.2, 0.25) is 15.1 Å². The normalized spacial score (nSPS) is 26.5. The van der Waals surface area contributed by atoms with E-state index in [1.807, 2.05) is 0 Å². The van der Waals surface area contributed by atoms with Crippen molar-refractivity contribution in [3.8, 4) is 5.75 Å². The minimum Gasteiger partial charge on any atom is -0.483 e. The Morgan fingerprint density at radius 1 is 0.960 bits per heavy atom. The summed E-state index contributed by atoms with van der Waals surface area (Å²) in [6, 6.07) is 14.2. The molecular weight excluding hydrogens is 758 g/mol. The summed E-state index contributed by atoms with van der Waals surface area (Å²) >= 11 is 21.0. The average Bonchev–Trinajstić information content (AvgIpc) is 3.80. The van der Waals surface area contributed by atoms with E-state index in [1.54, 1.807) is 30.3 Å². The Morgan fingerprint density at radius 3 is 2.44 bits per heavy atom. The van der Waals surface area contributed by atoms with Gasteiger partial charge in [-0.15, -0.1) is 11.8 Å². The number of H-pyrrole nitrogens is 1. The lowest BCUT2D eigenvalue weighted by molar-refractivity contribution is -0.137. The summed E-state index contributed by atoms with van der Waals surface area (Å²) in [5.74, 6) is -4.62. The number of benzene rings is 3. The molecule has 2 N–H and O–H groups in total. The van der Waals surface area contributed by atoms with E-state index < -0.39 is 59.5 Å². The summed E-state index contributed by atoms with van der Waals surface area (Å²) in [6.45, 7) is -0.391. The molecule has 7 atom stereocenters. The van der Waals surface area contributed by atoms with E-state index in [0.717, 1.165) is 28.4 Å². The molecule has 6 unspecified atom stereocenters. The number of carbonyl (C=O) groups excluding carboxylic acids is 3. The van der Waals surface area contributed by atoms with Crippen LogP contribution in [-0.2, 0) is 20.6 Å². The number of amides is 3. The Labute approximate surface area is 305 Å². The van der Waals surface area contributed by atoms with Gasteiger partial charge in [0, 0.05) is 32.3 Å². The van der Waals surface area contributed by atoms with E-state index in [-0.39, 0.29) is 32.9 Å². The number of fused-ring (bicyclic) bond motifs is 9. The van der Waals surface area contributed by atoms with Gasteiger partial charge in [0.15, 0.2) is 6.61 Å². The second-order valence-corrected chi connectivity index (χ2v) is 16.1. The summed E-state index contributed by atoms with van der Waals surface area (Å²) in [4.78, 5) is 57.8. The molecule has 16 heteroatoms. The van der Waals surface area contributed by atoms with E-state index in [9.17, 15) is 32.3 Å². The van der Waals surface area contributed by atoms with E-state index >= 15 is 0 Å². The first-order valence-corrected chi connectivity index (χ1v) is 18.3. The van der Waals surface area contributed by atoms with Gasteiger partial charge in [-0.2, -0.15) is 13.2 Å². The summed E-state index contributed by atoms with van der Waals surface area (Å²) in [7, 11) is 0. The number of aromatic nitrogens is 1. The molecule has 2 aliphatic carbocycles. The number of thioether (sulfide) groups is 1. The van der Waals surface area contributed by atoms with Gasteiger partial charge in [-0.05, 0) is 72.7 Å². The standard InChI is InChI=1S/C34H23Cl3F3N3O5S2/c35-13-5-8-22(48-12-23(44)41-14-6-7-19(36)20(37)10-14)15(9-13)24-25-16-11-17(28(25)49-30-29(24)50-33(47)42-30)27-26(16)31(45)43(32(27)46)21-4-2-1-3-18(21)34(38,39)40/h1-10,16-17,24-28H,11-12H2,(H,41,44)(H,42,47)/t16?,17?,24-,25?,26?,27?,28?/m1/s1. The van der Waals surface area contributed by atoms with Gasteiger partial charge < -0.3 is 15.0 Å². The van der Waals surface area contributed by atoms with Gasteiger partial charge >= 0.3 is 11.0 Å². The highest BCUT2D eigenvalue weighted by atomic mass is 35.5. The minimum absolute atomic E-state index is 0.247. The van der Waals surface area contributed by atoms with Crippen LogP contribution >= 0.6 is 57.9 Å². The van der Waals surface area contributed by atoms with E-state index in [1.165, 1.54) is 30.0 Å². The molecule has 1 aromatic heterocycles. The van der Waals surface area contributed by atoms with Crippen molar-refractivity contribution in [2.75, 3.05) is 16.8 Å². The number of anilines is 2. The Bertz CT molecular complexity index is 2160. The van der Waals surface area contributed by atoms with Crippen molar-refractivity contribution in [2.24, 2.45) is 29.6 Å². The largest absolute Gasteiger partial charge is 0.483 e. The Balaban J connectivity index is 1.14. The number of thiazole rings is 1. The Hall–Kier alpha value is -3.49. The molecule has 3 heterocycles. The van der Waals surface area contributed by atoms with Crippen molar-refractivity contribution in [1.82, 2.24) is 4.98 Å². The fraction of sp³-hybridized carbons (Fsp3) is 0.294. The van der Waals surface area contributed by atoms with Crippen LogP contribution in [0, 0.1) is 29.6 Å². The molecule has 8 rings (SSSR count). The maximum Gasteiger partial charge on any atom is 0.418 e. The number of imide groups is 1. The third-order valence-electron chi connectivity index (χ3n) is 10.0. The first-order chi connectivity index (χ1) is 23.8. The zero-order chi connectivity index (χ0) is 35.2. The van der Waals surface area contributed by atoms with E-state index in [4.69, 9.17) is 39.5 Å². The SMILES string of the molecule is O=C(COc1ccc(Cl)cc1[C@H]1c2sc(=O)[nH]c2SC2C3CC(C4C(=O)N(c5ccccc5C(F)(F)F)C(=O)C34)C21)Nc1ccc(Cl)c(Cl)c1. The number of halogens is 6. The summed E-state index contributed by atoms with van der Waals surface area (Å²) < 4.78 is 48.1. The molecule has 0 spiro atoms. The maximum absolute atomic E-state index is 14.1. The molecule has 3 amide bonds. The molecule has 258 valence electrons. The number of rotatable bonds is 6. The van der Waals surface area contributed by atoms with Gasteiger partial charge in [0.05, 0.1) is 38.2 Å². The molecule has 50 heavy (non-hydrogen) atoms. The summed E-state index contributed by atoms with van der Waals surface area (Å²) in [6.07, 6.45) is -4.26. The van der Waals surface area contributed by atoms with Crippen molar-refractivity contribution in [3.05, 3.63) is 101 Å². The number of para-hydroxylation sites is 1. The van der Waals surface area contributed by atoms with Crippen molar-refractivity contribution >= 4 is 87.0 Å². The van der Waals surface area contributed by atoms with Gasteiger partial charge in [0.25, 0.3) is 5.91 Å². The smallest absolute Gasteiger partial charge is 0.418 e. The third-order valence-corrected chi connectivity index (χ3v) is 13.6.